The monoisotopic (exact) mass is 380 g/mol. The Hall–Kier alpha value is -3.15. The van der Waals surface area contributed by atoms with Gasteiger partial charge in [0.05, 0.1) is 12.1 Å². The largest absolute Gasteiger partial charge is 0.445 e. The first kappa shape index (κ1) is 19.6. The van der Waals surface area contributed by atoms with Crippen molar-refractivity contribution in [2.75, 3.05) is 18.9 Å². The zero-order valence-corrected chi connectivity index (χ0v) is 16.3. The summed E-state index contributed by atoms with van der Waals surface area (Å²) in [5.41, 5.74) is 1.67. The molecule has 2 amide bonds. The van der Waals surface area contributed by atoms with Gasteiger partial charge in [0.1, 0.15) is 0 Å². The van der Waals surface area contributed by atoms with Crippen LogP contribution in [0.3, 0.4) is 0 Å². The molecule has 2 aromatic carbocycles. The zero-order chi connectivity index (χ0) is 20.3. The van der Waals surface area contributed by atoms with Crippen molar-refractivity contribution in [3.8, 4) is 0 Å². The highest BCUT2D eigenvalue weighted by Crippen LogP contribution is 2.29. The average Bonchev–Trinajstić information content (AvgIpc) is 2.67. The summed E-state index contributed by atoms with van der Waals surface area (Å²) < 4.78 is 5.46. The van der Waals surface area contributed by atoms with Gasteiger partial charge in [0, 0.05) is 19.2 Å². The minimum absolute atomic E-state index is 0.133. The summed E-state index contributed by atoms with van der Waals surface area (Å²) >= 11 is 0. The maximum absolute atomic E-state index is 13.0. The number of aryl methyl sites for hydroxylation is 1. The van der Waals surface area contributed by atoms with Gasteiger partial charge in [-0.2, -0.15) is 0 Å². The van der Waals surface area contributed by atoms with E-state index in [0.717, 1.165) is 23.2 Å². The van der Waals surface area contributed by atoms with Gasteiger partial charge in [0.2, 0.25) is 5.91 Å². The second-order valence-corrected chi connectivity index (χ2v) is 7.17. The second kappa shape index (κ2) is 7.84. The summed E-state index contributed by atoms with van der Waals surface area (Å²) in [5.74, 6) is -1.23. The smallest absolute Gasteiger partial charge is 0.339 e. The predicted octanol–water partition coefficient (Wildman–Crippen LogP) is 2.82. The highest BCUT2D eigenvalue weighted by atomic mass is 16.6. The normalized spacial score (nSPS) is 18.0. The lowest BCUT2D eigenvalue weighted by atomic mass is 9.89. The van der Waals surface area contributed by atoms with Crippen molar-refractivity contribution in [3.05, 3.63) is 65.2 Å². The van der Waals surface area contributed by atoms with Crippen molar-refractivity contribution in [1.82, 2.24) is 4.90 Å². The fourth-order valence-electron chi connectivity index (χ4n) is 3.48. The third-order valence-corrected chi connectivity index (χ3v) is 4.94. The Morgan fingerprint density at radius 1 is 1.14 bits per heavy atom. The first-order chi connectivity index (χ1) is 13.3. The number of likely N-dealkylation sites (N-methyl/N-ethyl adjacent to an activating group) is 1. The van der Waals surface area contributed by atoms with Crippen molar-refractivity contribution < 1.29 is 19.1 Å². The van der Waals surface area contributed by atoms with Crippen LogP contribution in [0.5, 0.6) is 0 Å². The summed E-state index contributed by atoms with van der Waals surface area (Å²) in [4.78, 5) is 39.0. The molecule has 0 aliphatic carbocycles. The number of cyclic esters (lactones) is 1. The molecule has 6 nitrogen and oxygen atoms in total. The molecule has 1 unspecified atom stereocenters. The van der Waals surface area contributed by atoms with Crippen molar-refractivity contribution in [3.63, 3.8) is 0 Å². The van der Waals surface area contributed by atoms with Crippen LogP contribution in [0.15, 0.2) is 48.5 Å². The molecular weight excluding hydrogens is 356 g/mol. The number of amides is 2. The fourth-order valence-corrected chi connectivity index (χ4v) is 3.48. The summed E-state index contributed by atoms with van der Waals surface area (Å²) in [6, 6.07) is 14.6. The molecule has 6 heteroatoms. The molecule has 3 rings (SSSR count). The third kappa shape index (κ3) is 3.91. The van der Waals surface area contributed by atoms with Gasteiger partial charge in [-0.3, -0.25) is 9.59 Å². The SMILES string of the molecule is CCc1ccccc1NC(=O)CN(C)C(=O)C1(C)Cc2ccccc2C(=O)O1. The van der Waals surface area contributed by atoms with Gasteiger partial charge < -0.3 is 15.0 Å². The number of hydrogen-bond acceptors (Lipinski definition) is 4. The van der Waals surface area contributed by atoms with Crippen LogP contribution < -0.4 is 5.32 Å². The minimum Gasteiger partial charge on any atom is -0.445 e. The number of rotatable bonds is 5. The molecule has 28 heavy (non-hydrogen) atoms. The molecule has 0 saturated heterocycles. The summed E-state index contributed by atoms with van der Waals surface area (Å²) in [6.07, 6.45) is 1.07. The molecule has 1 atom stereocenters. The lowest BCUT2D eigenvalue weighted by Crippen LogP contribution is -2.53. The quantitative estimate of drug-likeness (QED) is 0.810. The van der Waals surface area contributed by atoms with Crippen LogP contribution >= 0.6 is 0 Å². The Balaban J connectivity index is 1.69. The molecule has 1 aliphatic rings. The number of para-hydroxylation sites is 1. The molecule has 0 aromatic heterocycles. The maximum Gasteiger partial charge on any atom is 0.339 e. The molecule has 1 N–H and O–H groups in total. The standard InChI is InChI=1S/C22H24N2O4/c1-4-15-9-6-8-12-18(15)23-19(25)14-24(3)21(27)22(2)13-16-10-5-7-11-17(16)20(26)28-22/h5-12H,4,13-14H2,1-3H3,(H,23,25). The van der Waals surface area contributed by atoms with Crippen LogP contribution in [0.4, 0.5) is 5.69 Å². The number of nitrogens with zero attached hydrogens (tertiary/aromatic N) is 1. The van der Waals surface area contributed by atoms with Crippen molar-refractivity contribution in [2.24, 2.45) is 0 Å². The van der Waals surface area contributed by atoms with E-state index in [9.17, 15) is 14.4 Å². The van der Waals surface area contributed by atoms with Gasteiger partial charge in [0.25, 0.3) is 5.91 Å². The number of esters is 1. The highest BCUT2D eigenvalue weighted by molar-refractivity contribution is 5.99. The first-order valence-corrected chi connectivity index (χ1v) is 9.28. The lowest BCUT2D eigenvalue weighted by Gasteiger charge is -2.35. The number of carbonyl (C=O) groups is 3. The van der Waals surface area contributed by atoms with Gasteiger partial charge in [-0.15, -0.1) is 0 Å². The van der Waals surface area contributed by atoms with E-state index in [1.54, 1.807) is 19.1 Å². The maximum atomic E-state index is 13.0. The molecule has 0 radical (unpaired) electrons. The number of carbonyl (C=O) groups excluding carboxylic acids is 3. The Morgan fingerprint density at radius 3 is 2.57 bits per heavy atom. The van der Waals surface area contributed by atoms with Crippen LogP contribution in [0.25, 0.3) is 0 Å². The number of ether oxygens (including phenoxy) is 1. The third-order valence-electron chi connectivity index (χ3n) is 4.94. The summed E-state index contributed by atoms with van der Waals surface area (Å²) in [7, 11) is 1.53. The summed E-state index contributed by atoms with van der Waals surface area (Å²) in [5, 5.41) is 2.85. The van der Waals surface area contributed by atoms with E-state index in [1.807, 2.05) is 43.3 Å². The van der Waals surface area contributed by atoms with E-state index >= 15 is 0 Å². The number of hydrogen-bond donors (Lipinski definition) is 1. The molecule has 146 valence electrons. The second-order valence-electron chi connectivity index (χ2n) is 7.17. The van der Waals surface area contributed by atoms with Gasteiger partial charge in [-0.05, 0) is 36.6 Å². The molecule has 0 saturated carbocycles. The Morgan fingerprint density at radius 2 is 1.82 bits per heavy atom. The molecule has 0 bridgehead atoms. The summed E-state index contributed by atoms with van der Waals surface area (Å²) in [6.45, 7) is 3.46. The van der Waals surface area contributed by atoms with Crippen LogP contribution in [0, 0.1) is 0 Å². The van der Waals surface area contributed by atoms with Gasteiger partial charge in [-0.25, -0.2) is 4.79 Å². The molecule has 1 heterocycles. The lowest BCUT2D eigenvalue weighted by molar-refractivity contribution is -0.151. The number of nitrogens with one attached hydrogen (secondary N) is 1. The zero-order valence-electron chi connectivity index (χ0n) is 16.3. The van der Waals surface area contributed by atoms with Crippen molar-refractivity contribution in [1.29, 1.82) is 0 Å². The average molecular weight is 380 g/mol. The van der Waals surface area contributed by atoms with Crippen LogP contribution in [-0.4, -0.2) is 41.9 Å². The number of fused-ring (bicyclic) bond motifs is 1. The van der Waals surface area contributed by atoms with Crippen molar-refractivity contribution in [2.45, 2.75) is 32.3 Å². The van der Waals surface area contributed by atoms with Gasteiger partial charge in [0.15, 0.2) is 5.60 Å². The van der Waals surface area contributed by atoms with Crippen LogP contribution in [0.1, 0.15) is 35.3 Å². The molecule has 1 aliphatic heterocycles. The Kier molecular flexibility index (Phi) is 5.49. The highest BCUT2D eigenvalue weighted by Gasteiger charge is 2.44. The van der Waals surface area contributed by atoms with Crippen molar-refractivity contribution >= 4 is 23.5 Å². The molecular formula is C22H24N2O4. The van der Waals surface area contributed by atoms with E-state index in [0.29, 0.717) is 5.56 Å². The molecule has 0 spiro atoms. The predicted molar refractivity (Wildman–Crippen MR) is 106 cm³/mol. The van der Waals surface area contributed by atoms with Crippen LogP contribution in [0.2, 0.25) is 0 Å². The van der Waals surface area contributed by atoms with E-state index in [4.69, 9.17) is 4.74 Å². The van der Waals surface area contributed by atoms with E-state index in [-0.39, 0.29) is 18.9 Å². The fraction of sp³-hybridized carbons (Fsp3) is 0.318. The molecule has 0 fully saturated rings. The van der Waals surface area contributed by atoms with Gasteiger partial charge in [-0.1, -0.05) is 43.3 Å². The first-order valence-electron chi connectivity index (χ1n) is 9.28. The Labute approximate surface area is 164 Å². The number of anilines is 1. The van der Waals surface area contributed by atoms with Gasteiger partial charge >= 0.3 is 5.97 Å². The van der Waals surface area contributed by atoms with E-state index < -0.39 is 17.5 Å². The molecule has 2 aromatic rings. The minimum atomic E-state index is -1.33. The topological polar surface area (TPSA) is 75.7 Å². The number of benzene rings is 2. The Bertz CT molecular complexity index is 924. The van der Waals surface area contributed by atoms with Crippen LogP contribution in [-0.2, 0) is 27.2 Å². The van der Waals surface area contributed by atoms with E-state index in [2.05, 4.69) is 5.32 Å². The van der Waals surface area contributed by atoms with E-state index in [1.165, 1.54) is 11.9 Å².